The van der Waals surface area contributed by atoms with Crippen LogP contribution in [0.25, 0.3) is 0 Å². The molecule has 2 rings (SSSR count). The summed E-state index contributed by atoms with van der Waals surface area (Å²) in [6.07, 6.45) is 3.34. The van der Waals surface area contributed by atoms with Gasteiger partial charge in [0.1, 0.15) is 18.8 Å². The summed E-state index contributed by atoms with van der Waals surface area (Å²) in [5.41, 5.74) is -0.267. The Morgan fingerprint density at radius 1 is 1.59 bits per heavy atom. The Kier molecular flexibility index (Phi) is 3.01. The molecule has 0 amide bonds. The second-order valence-electron chi connectivity index (χ2n) is 5.20. The van der Waals surface area contributed by atoms with Gasteiger partial charge in [-0.2, -0.15) is 5.10 Å². The topological polar surface area (TPSA) is 66.2 Å². The number of aromatic nitrogens is 3. The number of hydrogen-bond donors (Lipinski definition) is 0. The van der Waals surface area contributed by atoms with Gasteiger partial charge < -0.3 is 14.3 Å². The van der Waals surface area contributed by atoms with Gasteiger partial charge in [0.2, 0.25) is 0 Å². The molecule has 1 aliphatic heterocycles. The Labute approximate surface area is 99.9 Å². The normalized spacial score (nSPS) is 29.5. The molecule has 0 spiro atoms. The lowest BCUT2D eigenvalue weighted by atomic mass is 9.85. The highest BCUT2D eigenvalue weighted by Crippen LogP contribution is 2.40. The maximum atomic E-state index is 10.8. The fraction of sp³-hybridized carbons (Fsp3) is 0.727. The van der Waals surface area contributed by atoms with Crippen LogP contribution in [-0.4, -0.2) is 39.5 Å². The zero-order chi connectivity index (χ0) is 12.5. The van der Waals surface area contributed by atoms with Crippen LogP contribution in [0, 0.1) is 5.41 Å². The Morgan fingerprint density at radius 2 is 2.35 bits per heavy atom. The number of carbonyl (C=O) groups excluding carboxylic acids is 1. The molecule has 0 bridgehead atoms. The molecule has 0 aromatic carbocycles. The van der Waals surface area contributed by atoms with E-state index in [1.165, 1.54) is 6.33 Å². The van der Waals surface area contributed by atoms with Gasteiger partial charge >= 0.3 is 0 Å². The van der Waals surface area contributed by atoms with Crippen molar-refractivity contribution in [3.8, 4) is 0 Å². The number of hydrogen-bond acceptors (Lipinski definition) is 5. The molecule has 1 aliphatic rings. The van der Waals surface area contributed by atoms with Crippen LogP contribution in [0.3, 0.4) is 0 Å². The van der Waals surface area contributed by atoms with Gasteiger partial charge in [0.25, 0.3) is 0 Å². The largest absolute Gasteiger partial charge is 0.344 e. The van der Waals surface area contributed by atoms with Crippen molar-refractivity contribution >= 4 is 6.29 Å². The fourth-order valence-electron chi connectivity index (χ4n) is 1.84. The Morgan fingerprint density at radius 3 is 2.82 bits per heavy atom. The summed E-state index contributed by atoms with van der Waals surface area (Å²) in [7, 11) is 0. The van der Waals surface area contributed by atoms with E-state index < -0.39 is 11.9 Å². The second-order valence-corrected chi connectivity index (χ2v) is 5.20. The monoisotopic (exact) mass is 239 g/mol. The molecule has 1 aromatic heterocycles. The van der Waals surface area contributed by atoms with E-state index >= 15 is 0 Å². The van der Waals surface area contributed by atoms with Crippen molar-refractivity contribution in [1.82, 2.24) is 14.8 Å². The first-order valence-electron chi connectivity index (χ1n) is 5.56. The van der Waals surface area contributed by atoms with Crippen LogP contribution in [-0.2, 0) is 20.8 Å². The maximum Gasteiger partial charge on any atom is 0.193 e. The van der Waals surface area contributed by atoms with Crippen molar-refractivity contribution in [2.24, 2.45) is 5.41 Å². The molecule has 94 valence electrons. The zero-order valence-corrected chi connectivity index (χ0v) is 10.3. The van der Waals surface area contributed by atoms with E-state index in [2.05, 4.69) is 10.1 Å². The number of rotatable bonds is 3. The average molecular weight is 239 g/mol. The fourth-order valence-corrected chi connectivity index (χ4v) is 1.84. The third-order valence-corrected chi connectivity index (χ3v) is 2.95. The predicted octanol–water partition coefficient (Wildman–Crippen LogP) is 0.635. The zero-order valence-electron chi connectivity index (χ0n) is 10.3. The van der Waals surface area contributed by atoms with Gasteiger partial charge in [-0.3, -0.25) is 0 Å². The Bertz CT molecular complexity index is 385. The molecule has 0 aliphatic carbocycles. The molecule has 0 radical (unpaired) electrons. The lowest BCUT2D eigenvalue weighted by Crippen LogP contribution is -2.48. The standard InChI is InChI=1S/C11H17N3O3/c1-10(2,3)11(6-14-8-12-7-13-14)16-5-9(4-15)17-11/h4,7-9H,5-6H2,1-3H3. The summed E-state index contributed by atoms with van der Waals surface area (Å²) in [6, 6.07) is 0. The number of nitrogens with zero attached hydrogens (tertiary/aromatic N) is 3. The summed E-state index contributed by atoms with van der Waals surface area (Å²) >= 11 is 0. The van der Waals surface area contributed by atoms with E-state index in [-0.39, 0.29) is 12.0 Å². The molecule has 2 heterocycles. The van der Waals surface area contributed by atoms with Crippen molar-refractivity contribution < 1.29 is 14.3 Å². The van der Waals surface area contributed by atoms with Gasteiger partial charge in [-0.25, -0.2) is 9.67 Å². The number of carbonyl (C=O) groups is 1. The van der Waals surface area contributed by atoms with Crippen LogP contribution in [0.1, 0.15) is 20.8 Å². The molecular weight excluding hydrogens is 222 g/mol. The van der Waals surface area contributed by atoms with E-state index in [0.29, 0.717) is 6.54 Å². The number of ether oxygens (including phenoxy) is 2. The van der Waals surface area contributed by atoms with E-state index in [1.54, 1.807) is 11.0 Å². The third kappa shape index (κ3) is 2.23. The van der Waals surface area contributed by atoms with Crippen LogP contribution in [0.4, 0.5) is 0 Å². The van der Waals surface area contributed by atoms with E-state index in [1.807, 2.05) is 20.8 Å². The van der Waals surface area contributed by atoms with Crippen LogP contribution < -0.4 is 0 Å². The van der Waals surface area contributed by atoms with Gasteiger partial charge in [0.15, 0.2) is 12.1 Å². The first kappa shape index (κ1) is 12.2. The van der Waals surface area contributed by atoms with Crippen molar-refractivity contribution in [2.75, 3.05) is 6.61 Å². The Hall–Kier alpha value is -1.27. The van der Waals surface area contributed by atoms with Gasteiger partial charge in [-0.05, 0) is 0 Å². The van der Waals surface area contributed by atoms with E-state index in [4.69, 9.17) is 9.47 Å². The van der Waals surface area contributed by atoms with Crippen LogP contribution in [0.15, 0.2) is 12.7 Å². The molecule has 17 heavy (non-hydrogen) atoms. The van der Waals surface area contributed by atoms with Crippen molar-refractivity contribution in [2.45, 2.75) is 39.2 Å². The highest BCUT2D eigenvalue weighted by atomic mass is 16.7. The van der Waals surface area contributed by atoms with Crippen LogP contribution in [0.2, 0.25) is 0 Å². The lowest BCUT2D eigenvalue weighted by molar-refractivity contribution is -0.238. The van der Waals surface area contributed by atoms with E-state index in [9.17, 15) is 4.79 Å². The minimum absolute atomic E-state index is 0.267. The second kappa shape index (κ2) is 4.19. The minimum Gasteiger partial charge on any atom is -0.344 e. The molecule has 2 atom stereocenters. The summed E-state index contributed by atoms with van der Waals surface area (Å²) in [4.78, 5) is 14.7. The van der Waals surface area contributed by atoms with Crippen molar-refractivity contribution in [3.63, 3.8) is 0 Å². The lowest BCUT2D eigenvalue weighted by Gasteiger charge is -2.39. The first-order chi connectivity index (χ1) is 7.97. The highest BCUT2D eigenvalue weighted by Gasteiger charge is 2.51. The third-order valence-electron chi connectivity index (χ3n) is 2.95. The molecule has 6 nitrogen and oxygen atoms in total. The van der Waals surface area contributed by atoms with Gasteiger partial charge in [0, 0.05) is 5.41 Å². The van der Waals surface area contributed by atoms with Crippen LogP contribution in [0.5, 0.6) is 0 Å². The highest BCUT2D eigenvalue weighted by molar-refractivity contribution is 5.56. The number of aldehydes is 1. The summed E-state index contributed by atoms with van der Waals surface area (Å²) in [5.74, 6) is -0.841. The maximum absolute atomic E-state index is 10.8. The van der Waals surface area contributed by atoms with E-state index in [0.717, 1.165) is 6.29 Å². The summed E-state index contributed by atoms with van der Waals surface area (Å²) in [5, 5.41) is 4.05. The van der Waals surface area contributed by atoms with Crippen LogP contribution >= 0.6 is 0 Å². The predicted molar refractivity (Wildman–Crippen MR) is 59.1 cm³/mol. The van der Waals surface area contributed by atoms with Gasteiger partial charge in [0.05, 0.1) is 13.2 Å². The summed E-state index contributed by atoms with van der Waals surface area (Å²) < 4.78 is 13.1. The van der Waals surface area contributed by atoms with Crippen molar-refractivity contribution in [1.29, 1.82) is 0 Å². The molecule has 2 unspecified atom stereocenters. The average Bonchev–Trinajstić information content (AvgIpc) is 2.87. The molecule has 6 heteroatoms. The summed E-state index contributed by atoms with van der Waals surface area (Å²) in [6.45, 7) is 6.74. The van der Waals surface area contributed by atoms with Gasteiger partial charge in [-0.1, -0.05) is 20.8 Å². The molecule has 0 N–H and O–H groups in total. The van der Waals surface area contributed by atoms with Crippen molar-refractivity contribution in [3.05, 3.63) is 12.7 Å². The molecular formula is C11H17N3O3. The molecule has 1 aromatic rings. The first-order valence-corrected chi connectivity index (χ1v) is 5.56. The molecule has 0 saturated carbocycles. The minimum atomic E-state index is -0.841. The smallest absolute Gasteiger partial charge is 0.193 e. The molecule has 1 fully saturated rings. The SMILES string of the molecule is CC(C)(C)C1(Cn2cncn2)OCC(C=O)O1. The molecule has 1 saturated heterocycles. The Balaban J connectivity index is 2.23. The quantitative estimate of drug-likeness (QED) is 0.724. The van der Waals surface area contributed by atoms with Gasteiger partial charge in [-0.15, -0.1) is 0 Å².